The number of carbonyl (C=O) groups excluding carboxylic acids is 1. The van der Waals surface area contributed by atoms with Crippen LogP contribution in [0.4, 0.5) is 0 Å². The Morgan fingerprint density at radius 2 is 1.87 bits per heavy atom. The number of allylic oxidation sites excluding steroid dienone is 1. The second kappa shape index (κ2) is 7.07. The number of fused-ring (bicyclic) bond motifs is 3. The molecule has 2 saturated carbocycles. The van der Waals surface area contributed by atoms with E-state index in [0.29, 0.717) is 17.6 Å². The molecule has 1 spiro atoms. The summed E-state index contributed by atoms with van der Waals surface area (Å²) in [5.74, 6) is 2.48. The van der Waals surface area contributed by atoms with Crippen molar-refractivity contribution in [2.24, 2.45) is 23.2 Å². The fraction of sp³-hybridized carbons (Fsp3) is 0.577. The van der Waals surface area contributed by atoms with E-state index in [1.165, 1.54) is 24.4 Å². The van der Waals surface area contributed by atoms with E-state index in [0.717, 1.165) is 18.7 Å². The molecule has 1 aromatic rings. The van der Waals surface area contributed by atoms with Gasteiger partial charge in [-0.15, -0.1) is 0 Å². The van der Waals surface area contributed by atoms with Crippen LogP contribution in [0.15, 0.2) is 53.6 Å². The summed E-state index contributed by atoms with van der Waals surface area (Å²) in [6.45, 7) is 5.78. The van der Waals surface area contributed by atoms with Gasteiger partial charge in [0.2, 0.25) is 11.5 Å². The van der Waals surface area contributed by atoms with E-state index in [2.05, 4.69) is 67.1 Å². The molecule has 166 valence electrons. The highest BCUT2D eigenvalue weighted by atomic mass is 28.3. The molecule has 3 aliphatic carbocycles. The van der Waals surface area contributed by atoms with Gasteiger partial charge < -0.3 is 9.47 Å². The molecule has 0 amide bonds. The van der Waals surface area contributed by atoms with Crippen molar-refractivity contribution in [1.29, 1.82) is 0 Å². The third-order valence-electron chi connectivity index (χ3n) is 9.13. The van der Waals surface area contributed by atoms with E-state index in [-0.39, 0.29) is 17.1 Å². The average Bonchev–Trinajstić information content (AvgIpc) is 3.45. The lowest BCUT2D eigenvalue weighted by Crippen LogP contribution is -2.63. The minimum Gasteiger partial charge on any atom is -0.495 e. The molecule has 0 N–H and O–H groups in total. The average molecular weight is 438 g/mol. The van der Waals surface area contributed by atoms with Crippen LogP contribution in [0, 0.1) is 23.2 Å². The largest absolute Gasteiger partial charge is 0.495 e. The summed E-state index contributed by atoms with van der Waals surface area (Å²) in [5, 5.41) is 1.42. The van der Waals surface area contributed by atoms with Gasteiger partial charge in [-0.25, -0.2) is 0 Å². The molecule has 0 unspecified atom stereocenters. The minimum atomic E-state index is -1.83. The zero-order valence-corrected chi connectivity index (χ0v) is 20.5. The van der Waals surface area contributed by atoms with Crippen molar-refractivity contribution in [3.63, 3.8) is 0 Å². The van der Waals surface area contributed by atoms with Gasteiger partial charge in [-0.3, -0.25) is 9.69 Å². The number of hydrogen-bond acceptors (Lipinski definition) is 4. The molecule has 1 aliphatic heterocycles. The van der Waals surface area contributed by atoms with Crippen molar-refractivity contribution in [3.8, 4) is 0 Å². The molecule has 4 aliphatic rings. The maximum absolute atomic E-state index is 13.7. The summed E-state index contributed by atoms with van der Waals surface area (Å²) in [6.07, 6.45) is 7.08. The molecule has 5 heteroatoms. The van der Waals surface area contributed by atoms with Crippen molar-refractivity contribution in [1.82, 2.24) is 4.90 Å². The Hall–Kier alpha value is -1.85. The predicted octanol–water partition coefficient (Wildman–Crippen LogP) is 3.89. The lowest BCUT2D eigenvalue weighted by Gasteiger charge is -2.56. The fourth-order valence-corrected chi connectivity index (χ4v) is 9.70. The van der Waals surface area contributed by atoms with Crippen molar-refractivity contribution >= 4 is 19.0 Å². The van der Waals surface area contributed by atoms with Crippen molar-refractivity contribution < 1.29 is 14.3 Å². The number of ether oxygens (including phenoxy) is 2. The van der Waals surface area contributed by atoms with Crippen LogP contribution in [0.25, 0.3) is 0 Å². The third-order valence-corrected chi connectivity index (χ3v) is 11.9. The Labute approximate surface area is 187 Å². The van der Waals surface area contributed by atoms with E-state index in [1.54, 1.807) is 14.2 Å². The highest BCUT2D eigenvalue weighted by Gasteiger charge is 2.76. The quantitative estimate of drug-likeness (QED) is 0.655. The van der Waals surface area contributed by atoms with Gasteiger partial charge >= 0.3 is 0 Å². The zero-order valence-electron chi connectivity index (χ0n) is 19.5. The van der Waals surface area contributed by atoms with E-state index >= 15 is 0 Å². The number of ketones is 1. The molecule has 0 aromatic heterocycles. The van der Waals surface area contributed by atoms with Gasteiger partial charge in [0.15, 0.2) is 5.76 Å². The summed E-state index contributed by atoms with van der Waals surface area (Å²) < 4.78 is 11.9. The summed E-state index contributed by atoms with van der Waals surface area (Å²) in [7, 11) is 3.72. The lowest BCUT2D eigenvalue weighted by molar-refractivity contribution is -0.137. The van der Waals surface area contributed by atoms with Crippen LogP contribution in [-0.2, 0) is 14.3 Å². The maximum atomic E-state index is 13.7. The number of carbonyl (C=O) groups is 1. The molecule has 1 heterocycles. The molecule has 0 radical (unpaired) electrons. The predicted molar refractivity (Wildman–Crippen MR) is 125 cm³/mol. The van der Waals surface area contributed by atoms with Crippen LogP contribution in [-0.4, -0.2) is 52.1 Å². The number of Topliss-reactive ketones (excluding diaryl/α,β-unsaturated/α-hetero) is 1. The molecule has 4 nitrogen and oxygen atoms in total. The molecule has 5 atom stereocenters. The van der Waals surface area contributed by atoms with Gasteiger partial charge in [-0.1, -0.05) is 60.4 Å². The highest BCUT2D eigenvalue weighted by Crippen LogP contribution is 2.72. The Balaban J connectivity index is 1.73. The van der Waals surface area contributed by atoms with Gasteiger partial charge in [0, 0.05) is 11.3 Å². The molecule has 1 aromatic carbocycles. The summed E-state index contributed by atoms with van der Waals surface area (Å²) in [6, 6.07) is 10.9. The number of benzene rings is 1. The molecule has 1 saturated heterocycles. The Kier molecular flexibility index (Phi) is 4.80. The Morgan fingerprint density at radius 1 is 1.13 bits per heavy atom. The van der Waals surface area contributed by atoms with Gasteiger partial charge in [0.05, 0.1) is 14.2 Å². The molecule has 5 rings (SSSR count). The van der Waals surface area contributed by atoms with Crippen molar-refractivity contribution in [2.75, 3.05) is 27.8 Å². The summed E-state index contributed by atoms with van der Waals surface area (Å²) in [5.41, 5.74) is 1.99. The van der Waals surface area contributed by atoms with Crippen LogP contribution in [0.2, 0.25) is 13.1 Å². The highest BCUT2D eigenvalue weighted by molar-refractivity contribution is 6.93. The smallest absolute Gasteiger partial charge is 0.204 e. The normalized spacial score (nSPS) is 37.5. The maximum Gasteiger partial charge on any atom is 0.204 e. The van der Waals surface area contributed by atoms with E-state index in [9.17, 15) is 4.79 Å². The van der Waals surface area contributed by atoms with Crippen molar-refractivity contribution in [2.45, 2.75) is 44.3 Å². The Bertz CT molecular complexity index is 955. The number of likely N-dealkylation sites (N-methyl/N-ethyl adjacent to an activating group) is 1. The number of methoxy groups -OCH3 is 2. The number of nitrogens with zero attached hydrogens (tertiary/aromatic N) is 1. The summed E-state index contributed by atoms with van der Waals surface area (Å²) in [4.78, 5) is 16.2. The van der Waals surface area contributed by atoms with Crippen LogP contribution in [0.5, 0.6) is 0 Å². The van der Waals surface area contributed by atoms with Crippen LogP contribution < -0.4 is 5.19 Å². The first-order valence-electron chi connectivity index (χ1n) is 11.7. The number of likely N-dealkylation sites (tertiary alicyclic amines) is 1. The first kappa shape index (κ1) is 21.0. The monoisotopic (exact) mass is 437 g/mol. The lowest BCUT2D eigenvalue weighted by atomic mass is 9.51. The molecule has 31 heavy (non-hydrogen) atoms. The Morgan fingerprint density at radius 3 is 2.55 bits per heavy atom. The van der Waals surface area contributed by atoms with Crippen molar-refractivity contribution in [3.05, 3.63) is 53.6 Å². The first-order chi connectivity index (χ1) is 14.8. The summed E-state index contributed by atoms with van der Waals surface area (Å²) >= 11 is 0. The van der Waals surface area contributed by atoms with Gasteiger partial charge in [-0.2, -0.15) is 0 Å². The molecule has 2 bridgehead atoms. The first-order valence-corrected chi connectivity index (χ1v) is 14.8. The van der Waals surface area contributed by atoms with Crippen LogP contribution in [0.1, 0.15) is 25.7 Å². The molecular weight excluding hydrogens is 402 g/mol. The van der Waals surface area contributed by atoms with Crippen LogP contribution >= 0.6 is 0 Å². The fourth-order valence-electron chi connectivity index (χ4n) is 7.80. The van der Waals surface area contributed by atoms with Crippen LogP contribution in [0.3, 0.4) is 0 Å². The molecular formula is C26H35NO3Si. The van der Waals surface area contributed by atoms with Gasteiger partial charge in [0.1, 0.15) is 13.6 Å². The number of hydrogen-bond donors (Lipinski definition) is 0. The molecule has 3 fully saturated rings. The topological polar surface area (TPSA) is 38.8 Å². The third kappa shape index (κ3) is 2.53. The van der Waals surface area contributed by atoms with E-state index < -0.39 is 13.6 Å². The standard InChI is InChI=1S/C26H35NO3Si/c1-27-15-13-25-19-12-11-18(17-19)21(25)22(28)23(29-2)24(30-3)26(25,27)14-16-31(4,5)20-9-7-6-8-10-20/h6-10,14,16,18-19,21H,11-13,15,17H2,1-5H3/b16-14+/t18-,19+,21+,25+,26+/m0/s1. The SMILES string of the molecule is COC1=C(OC)[C@@]2(/C=C/[Si](C)(C)c3ccccc3)N(C)CC[C@]23[C@@H]2CC[C@@H](C2)[C@@H]3C1=O. The second-order valence-corrected chi connectivity index (χ2v) is 14.9. The second-order valence-electron chi connectivity index (χ2n) is 10.6. The van der Waals surface area contributed by atoms with Gasteiger partial charge in [0.25, 0.3) is 0 Å². The zero-order chi connectivity index (χ0) is 22.0. The minimum absolute atomic E-state index is 0.0520. The van der Waals surface area contributed by atoms with E-state index in [1.807, 2.05) is 0 Å². The van der Waals surface area contributed by atoms with Gasteiger partial charge in [-0.05, 0) is 51.1 Å². The van der Waals surface area contributed by atoms with E-state index in [4.69, 9.17) is 9.47 Å². The number of rotatable bonds is 5.